The molecule has 1 aromatic heterocycles. The average Bonchev–Trinajstić information content (AvgIpc) is 3.16. The van der Waals surface area contributed by atoms with Crippen LogP contribution in [-0.4, -0.2) is 29.3 Å². The van der Waals surface area contributed by atoms with Gasteiger partial charge in [-0.25, -0.2) is 5.84 Å². The van der Waals surface area contributed by atoms with Crippen molar-refractivity contribution in [1.82, 2.24) is 15.6 Å². The summed E-state index contributed by atoms with van der Waals surface area (Å²) in [6.45, 7) is 0.903. The minimum Gasteiger partial charge on any atom is -0.490 e. The zero-order valence-corrected chi connectivity index (χ0v) is 13.4. The van der Waals surface area contributed by atoms with E-state index in [0.717, 1.165) is 17.1 Å². The van der Waals surface area contributed by atoms with Crippen LogP contribution < -0.4 is 20.7 Å². The molecule has 0 saturated heterocycles. The highest BCUT2D eigenvalue weighted by Gasteiger charge is 2.09. The molecule has 0 aliphatic heterocycles. The number of aromatic nitrogens is 2. The molecule has 128 valence electrons. The maximum Gasteiger partial charge on any atom is 0.283 e. The normalized spacial score (nSPS) is 10.3. The van der Waals surface area contributed by atoms with Crippen molar-refractivity contribution >= 4 is 5.91 Å². The lowest BCUT2D eigenvalue weighted by Crippen LogP contribution is -2.30. The van der Waals surface area contributed by atoms with Gasteiger partial charge in [-0.15, -0.1) is 0 Å². The zero-order chi connectivity index (χ0) is 17.5. The van der Waals surface area contributed by atoms with Crippen molar-refractivity contribution in [2.45, 2.75) is 0 Å². The SMILES string of the molecule is NNC(=O)c1cc(-c2ccc(OCCOc3ccccc3)cc2)n[nH]1. The van der Waals surface area contributed by atoms with Gasteiger partial charge < -0.3 is 9.47 Å². The molecular formula is C18H18N4O3. The third-order valence-corrected chi connectivity index (χ3v) is 3.47. The lowest BCUT2D eigenvalue weighted by molar-refractivity contribution is 0.0948. The largest absolute Gasteiger partial charge is 0.490 e. The van der Waals surface area contributed by atoms with Gasteiger partial charge in [0.25, 0.3) is 5.91 Å². The minimum atomic E-state index is -0.419. The van der Waals surface area contributed by atoms with E-state index in [9.17, 15) is 4.79 Å². The molecule has 0 aliphatic rings. The maximum absolute atomic E-state index is 11.4. The van der Waals surface area contributed by atoms with E-state index in [1.54, 1.807) is 6.07 Å². The molecule has 0 bridgehead atoms. The molecule has 1 heterocycles. The fourth-order valence-electron chi connectivity index (χ4n) is 2.22. The van der Waals surface area contributed by atoms with Gasteiger partial charge in [0.05, 0.1) is 5.69 Å². The summed E-state index contributed by atoms with van der Waals surface area (Å²) in [5.74, 6) is 6.22. The fraction of sp³-hybridized carbons (Fsp3) is 0.111. The number of benzene rings is 2. The van der Waals surface area contributed by atoms with Gasteiger partial charge in [-0.05, 0) is 42.5 Å². The van der Waals surface area contributed by atoms with Gasteiger partial charge in [-0.3, -0.25) is 15.3 Å². The lowest BCUT2D eigenvalue weighted by atomic mass is 10.1. The summed E-state index contributed by atoms with van der Waals surface area (Å²) < 4.78 is 11.2. The molecule has 0 atom stereocenters. The molecule has 4 N–H and O–H groups in total. The second-order valence-electron chi connectivity index (χ2n) is 5.17. The summed E-state index contributed by atoms with van der Waals surface area (Å²) in [5.41, 5.74) is 3.87. The number of carbonyl (C=O) groups is 1. The Morgan fingerprint density at radius 2 is 1.64 bits per heavy atom. The Morgan fingerprint density at radius 3 is 2.28 bits per heavy atom. The van der Waals surface area contributed by atoms with Crippen LogP contribution in [0.2, 0.25) is 0 Å². The number of nitrogens with one attached hydrogen (secondary N) is 2. The predicted molar refractivity (Wildman–Crippen MR) is 93.1 cm³/mol. The summed E-state index contributed by atoms with van der Waals surface area (Å²) in [6, 6.07) is 18.6. The highest BCUT2D eigenvalue weighted by atomic mass is 16.5. The van der Waals surface area contributed by atoms with Crippen molar-refractivity contribution in [2.24, 2.45) is 5.84 Å². The number of nitrogens with zero attached hydrogens (tertiary/aromatic N) is 1. The molecule has 0 radical (unpaired) electrons. The quantitative estimate of drug-likeness (QED) is 0.265. The van der Waals surface area contributed by atoms with Gasteiger partial charge >= 0.3 is 0 Å². The van der Waals surface area contributed by atoms with Crippen LogP contribution in [0.1, 0.15) is 10.5 Å². The van der Waals surface area contributed by atoms with Crippen LogP contribution in [0.5, 0.6) is 11.5 Å². The van der Waals surface area contributed by atoms with Gasteiger partial charge in [0.15, 0.2) is 0 Å². The van der Waals surface area contributed by atoms with Crippen LogP contribution in [0.3, 0.4) is 0 Å². The van der Waals surface area contributed by atoms with Crippen LogP contribution in [-0.2, 0) is 0 Å². The Hall–Kier alpha value is -3.32. The van der Waals surface area contributed by atoms with E-state index < -0.39 is 5.91 Å². The molecule has 25 heavy (non-hydrogen) atoms. The topological polar surface area (TPSA) is 102 Å². The van der Waals surface area contributed by atoms with Crippen LogP contribution in [0.4, 0.5) is 0 Å². The number of para-hydroxylation sites is 1. The molecule has 1 amide bonds. The van der Waals surface area contributed by atoms with Gasteiger partial charge in [0, 0.05) is 5.56 Å². The number of nitrogen functional groups attached to an aromatic ring is 1. The minimum absolute atomic E-state index is 0.302. The summed E-state index contributed by atoms with van der Waals surface area (Å²) >= 11 is 0. The number of aromatic amines is 1. The lowest BCUT2D eigenvalue weighted by Gasteiger charge is -2.08. The predicted octanol–water partition coefficient (Wildman–Crippen LogP) is 2.14. The Labute approximate surface area is 144 Å². The zero-order valence-electron chi connectivity index (χ0n) is 13.4. The van der Waals surface area contributed by atoms with Gasteiger partial charge in [0.1, 0.15) is 30.4 Å². The van der Waals surface area contributed by atoms with Gasteiger partial charge in [0.2, 0.25) is 0 Å². The molecule has 7 heteroatoms. The monoisotopic (exact) mass is 338 g/mol. The van der Waals surface area contributed by atoms with Crippen molar-refractivity contribution in [3.63, 3.8) is 0 Å². The van der Waals surface area contributed by atoms with Crippen molar-refractivity contribution < 1.29 is 14.3 Å². The number of carbonyl (C=O) groups excluding carboxylic acids is 1. The van der Waals surface area contributed by atoms with Crippen LogP contribution in [0.25, 0.3) is 11.3 Å². The summed E-state index contributed by atoms with van der Waals surface area (Å²) in [7, 11) is 0. The summed E-state index contributed by atoms with van der Waals surface area (Å²) in [4.78, 5) is 11.4. The number of amides is 1. The molecule has 2 aromatic carbocycles. The Kier molecular flexibility index (Phi) is 5.28. The number of hydrogen-bond donors (Lipinski definition) is 3. The Bertz CT molecular complexity index is 816. The molecule has 0 fully saturated rings. The van der Waals surface area contributed by atoms with Crippen LogP contribution in [0.15, 0.2) is 60.7 Å². The average molecular weight is 338 g/mol. The standard InChI is InChI=1S/C18H18N4O3/c19-20-18(23)17-12-16(21-22-17)13-6-8-15(9-7-13)25-11-10-24-14-4-2-1-3-5-14/h1-9,12H,10-11,19H2,(H,20,23)(H,21,22). The van der Waals surface area contributed by atoms with Crippen LogP contribution in [0, 0.1) is 0 Å². The van der Waals surface area contributed by atoms with E-state index in [-0.39, 0.29) is 0 Å². The van der Waals surface area contributed by atoms with Crippen LogP contribution >= 0.6 is 0 Å². The first-order valence-electron chi connectivity index (χ1n) is 7.74. The second kappa shape index (κ2) is 7.98. The molecule has 0 aliphatic carbocycles. The maximum atomic E-state index is 11.4. The Morgan fingerprint density at radius 1 is 1.00 bits per heavy atom. The first kappa shape index (κ1) is 16.5. The summed E-state index contributed by atoms with van der Waals surface area (Å²) in [5, 5.41) is 6.73. The number of ether oxygens (including phenoxy) is 2. The number of nitrogens with two attached hydrogens (primary N) is 1. The van der Waals surface area contributed by atoms with Gasteiger partial charge in [-0.2, -0.15) is 5.10 Å². The van der Waals surface area contributed by atoms with Gasteiger partial charge in [-0.1, -0.05) is 18.2 Å². The number of hydrogen-bond acceptors (Lipinski definition) is 5. The van der Waals surface area contributed by atoms with E-state index in [1.807, 2.05) is 54.6 Å². The summed E-state index contributed by atoms with van der Waals surface area (Å²) in [6.07, 6.45) is 0. The third-order valence-electron chi connectivity index (χ3n) is 3.47. The number of hydrazine groups is 1. The first-order valence-corrected chi connectivity index (χ1v) is 7.74. The Balaban J connectivity index is 1.52. The smallest absolute Gasteiger partial charge is 0.283 e. The molecule has 0 spiro atoms. The second-order valence-corrected chi connectivity index (χ2v) is 5.17. The molecule has 3 rings (SSSR count). The van der Waals surface area contributed by atoms with Crippen molar-refractivity contribution in [1.29, 1.82) is 0 Å². The highest BCUT2D eigenvalue weighted by molar-refractivity contribution is 5.92. The van der Waals surface area contributed by atoms with E-state index in [4.69, 9.17) is 15.3 Å². The molecular weight excluding hydrogens is 320 g/mol. The van der Waals surface area contributed by atoms with E-state index in [1.165, 1.54) is 0 Å². The number of H-pyrrole nitrogens is 1. The number of rotatable bonds is 7. The fourth-order valence-corrected chi connectivity index (χ4v) is 2.22. The molecule has 7 nitrogen and oxygen atoms in total. The highest BCUT2D eigenvalue weighted by Crippen LogP contribution is 2.21. The third kappa shape index (κ3) is 4.36. The van der Waals surface area contributed by atoms with Crippen molar-refractivity contribution in [3.8, 4) is 22.8 Å². The van der Waals surface area contributed by atoms with E-state index in [0.29, 0.717) is 24.6 Å². The molecule has 3 aromatic rings. The van der Waals surface area contributed by atoms with Crippen molar-refractivity contribution in [2.75, 3.05) is 13.2 Å². The molecule has 0 unspecified atom stereocenters. The van der Waals surface area contributed by atoms with Crippen molar-refractivity contribution in [3.05, 3.63) is 66.4 Å². The van der Waals surface area contributed by atoms with E-state index in [2.05, 4.69) is 15.6 Å². The molecule has 0 saturated carbocycles. The first-order chi connectivity index (χ1) is 12.3. The van der Waals surface area contributed by atoms with E-state index >= 15 is 0 Å².